The van der Waals surface area contributed by atoms with Crippen molar-refractivity contribution in [3.8, 4) is 0 Å². The van der Waals surface area contributed by atoms with Crippen LogP contribution in [-0.2, 0) is 19.0 Å². The van der Waals surface area contributed by atoms with Crippen LogP contribution in [0, 0.1) is 0 Å². The van der Waals surface area contributed by atoms with Crippen molar-refractivity contribution < 1.29 is 13.6 Å². The van der Waals surface area contributed by atoms with Crippen LogP contribution in [0.4, 0.5) is 8.78 Å². The largest absolute Gasteiger partial charge is 0.331 e. The lowest BCUT2D eigenvalue weighted by Gasteiger charge is -2.43. The SMILES string of the molecule is CC(F)(F)c1cccc(C(=O)N(Cc2ccccc2)C2CC3CCC(C2)N3Cc2ccccc2)c1. The Morgan fingerprint density at radius 1 is 0.886 bits per heavy atom. The first-order chi connectivity index (χ1) is 16.9. The van der Waals surface area contributed by atoms with Crippen LogP contribution in [-0.4, -0.2) is 33.8 Å². The molecule has 2 aliphatic rings. The van der Waals surface area contributed by atoms with E-state index in [0.717, 1.165) is 44.7 Å². The van der Waals surface area contributed by atoms with Crippen LogP contribution in [0.25, 0.3) is 0 Å². The second-order valence-electron chi connectivity index (χ2n) is 10.1. The van der Waals surface area contributed by atoms with Gasteiger partial charge in [-0.2, -0.15) is 0 Å². The fraction of sp³-hybridized carbons (Fsp3) is 0.367. The first-order valence-electron chi connectivity index (χ1n) is 12.5. The third-order valence-electron chi connectivity index (χ3n) is 7.58. The van der Waals surface area contributed by atoms with E-state index in [1.165, 1.54) is 17.7 Å². The summed E-state index contributed by atoms with van der Waals surface area (Å²) in [5.74, 6) is -3.15. The lowest BCUT2D eigenvalue weighted by atomic mass is 9.93. The second-order valence-corrected chi connectivity index (χ2v) is 10.1. The summed E-state index contributed by atoms with van der Waals surface area (Å²) in [6.45, 7) is 2.29. The molecule has 5 heteroatoms. The van der Waals surface area contributed by atoms with Crippen molar-refractivity contribution in [1.82, 2.24) is 9.80 Å². The third-order valence-corrected chi connectivity index (χ3v) is 7.58. The molecule has 3 aromatic carbocycles. The van der Waals surface area contributed by atoms with Gasteiger partial charge in [0.15, 0.2) is 0 Å². The lowest BCUT2D eigenvalue weighted by molar-refractivity contribution is 0.0173. The Hall–Kier alpha value is -3.05. The van der Waals surface area contributed by atoms with Crippen LogP contribution in [0.15, 0.2) is 84.9 Å². The monoisotopic (exact) mass is 474 g/mol. The molecule has 3 aromatic rings. The molecule has 2 fully saturated rings. The number of alkyl halides is 2. The van der Waals surface area contributed by atoms with Gasteiger partial charge in [-0.3, -0.25) is 9.69 Å². The molecular weight excluding hydrogens is 442 g/mol. The number of benzene rings is 3. The maximum atomic E-state index is 14.0. The van der Waals surface area contributed by atoms with Gasteiger partial charge in [-0.1, -0.05) is 72.8 Å². The number of rotatable bonds is 7. The summed E-state index contributed by atoms with van der Waals surface area (Å²) in [6.07, 6.45) is 4.09. The number of nitrogens with zero attached hydrogens (tertiary/aromatic N) is 2. The van der Waals surface area contributed by atoms with Gasteiger partial charge in [0.25, 0.3) is 11.8 Å². The zero-order valence-electron chi connectivity index (χ0n) is 20.1. The van der Waals surface area contributed by atoms with Gasteiger partial charge in [-0.25, -0.2) is 8.78 Å². The van der Waals surface area contributed by atoms with E-state index in [9.17, 15) is 13.6 Å². The molecular formula is C30H32F2N2O. The third kappa shape index (κ3) is 5.30. The molecule has 182 valence electrons. The summed E-state index contributed by atoms with van der Waals surface area (Å²) < 4.78 is 28.0. The summed E-state index contributed by atoms with van der Waals surface area (Å²) in [5, 5.41) is 0. The molecule has 2 aliphatic heterocycles. The van der Waals surface area contributed by atoms with E-state index < -0.39 is 5.92 Å². The second kappa shape index (κ2) is 9.90. The van der Waals surface area contributed by atoms with E-state index in [-0.39, 0.29) is 17.5 Å². The minimum atomic E-state index is -2.98. The highest BCUT2D eigenvalue weighted by Gasteiger charge is 2.43. The fourth-order valence-electron chi connectivity index (χ4n) is 5.79. The molecule has 5 rings (SSSR count). The lowest BCUT2D eigenvalue weighted by Crippen LogP contribution is -2.51. The average molecular weight is 475 g/mol. The van der Waals surface area contributed by atoms with Crippen LogP contribution in [0.3, 0.4) is 0 Å². The van der Waals surface area contributed by atoms with Crippen LogP contribution in [0.5, 0.6) is 0 Å². The predicted octanol–water partition coefficient (Wildman–Crippen LogP) is 6.64. The quantitative estimate of drug-likeness (QED) is 0.383. The van der Waals surface area contributed by atoms with Gasteiger partial charge in [-0.15, -0.1) is 0 Å². The first kappa shape index (κ1) is 23.7. The van der Waals surface area contributed by atoms with Crippen LogP contribution in [0.2, 0.25) is 0 Å². The fourth-order valence-corrected chi connectivity index (χ4v) is 5.79. The molecule has 0 aliphatic carbocycles. The summed E-state index contributed by atoms with van der Waals surface area (Å²) in [7, 11) is 0. The smallest absolute Gasteiger partial charge is 0.270 e. The van der Waals surface area contributed by atoms with Crippen molar-refractivity contribution >= 4 is 5.91 Å². The van der Waals surface area contributed by atoms with E-state index in [2.05, 4.69) is 29.2 Å². The summed E-state index contributed by atoms with van der Waals surface area (Å²) in [5.41, 5.74) is 2.58. The van der Waals surface area contributed by atoms with E-state index in [4.69, 9.17) is 0 Å². The Balaban J connectivity index is 1.40. The van der Waals surface area contributed by atoms with Gasteiger partial charge in [0.2, 0.25) is 0 Å². The molecule has 0 radical (unpaired) electrons. The average Bonchev–Trinajstić information content (AvgIpc) is 3.09. The molecule has 1 amide bonds. The molecule has 0 N–H and O–H groups in total. The van der Waals surface area contributed by atoms with Gasteiger partial charge < -0.3 is 4.90 Å². The Morgan fingerprint density at radius 2 is 1.49 bits per heavy atom. The molecule has 2 saturated heterocycles. The molecule has 2 unspecified atom stereocenters. The van der Waals surface area contributed by atoms with Gasteiger partial charge in [0.1, 0.15) is 0 Å². The summed E-state index contributed by atoms with van der Waals surface area (Å²) in [6, 6.07) is 27.4. The topological polar surface area (TPSA) is 23.6 Å². The predicted molar refractivity (Wildman–Crippen MR) is 134 cm³/mol. The van der Waals surface area contributed by atoms with Crippen molar-refractivity contribution in [1.29, 1.82) is 0 Å². The molecule has 0 aromatic heterocycles. The number of carbonyl (C=O) groups excluding carboxylic acids is 1. The molecule has 0 spiro atoms. The van der Waals surface area contributed by atoms with E-state index in [0.29, 0.717) is 24.2 Å². The maximum absolute atomic E-state index is 14.0. The van der Waals surface area contributed by atoms with Crippen molar-refractivity contribution in [2.24, 2.45) is 0 Å². The molecule has 0 saturated carbocycles. The number of hydrogen-bond donors (Lipinski definition) is 0. The Bertz CT molecular complexity index is 1130. The molecule has 2 atom stereocenters. The Labute approximate surface area is 206 Å². The van der Waals surface area contributed by atoms with Crippen LogP contribution < -0.4 is 0 Å². The first-order valence-corrected chi connectivity index (χ1v) is 12.5. The van der Waals surface area contributed by atoms with Gasteiger partial charge >= 0.3 is 0 Å². The number of amides is 1. The number of fused-ring (bicyclic) bond motifs is 2. The Morgan fingerprint density at radius 3 is 2.09 bits per heavy atom. The number of hydrogen-bond acceptors (Lipinski definition) is 2. The van der Waals surface area contributed by atoms with Crippen molar-refractivity contribution in [3.05, 3.63) is 107 Å². The van der Waals surface area contributed by atoms with Crippen molar-refractivity contribution in [2.75, 3.05) is 0 Å². The van der Waals surface area contributed by atoms with Crippen molar-refractivity contribution in [3.63, 3.8) is 0 Å². The highest BCUT2D eigenvalue weighted by molar-refractivity contribution is 5.94. The Kier molecular flexibility index (Phi) is 6.70. The van der Waals surface area contributed by atoms with Gasteiger partial charge in [-0.05, 0) is 48.9 Å². The zero-order valence-corrected chi connectivity index (χ0v) is 20.1. The van der Waals surface area contributed by atoms with Crippen LogP contribution >= 0.6 is 0 Å². The molecule has 35 heavy (non-hydrogen) atoms. The van der Waals surface area contributed by atoms with Gasteiger partial charge in [0, 0.05) is 49.3 Å². The van der Waals surface area contributed by atoms with Crippen LogP contribution in [0.1, 0.15) is 59.7 Å². The minimum absolute atomic E-state index is 0.0815. The van der Waals surface area contributed by atoms with E-state index in [1.807, 2.05) is 41.3 Å². The van der Waals surface area contributed by atoms with Gasteiger partial charge in [0.05, 0.1) is 0 Å². The van der Waals surface area contributed by atoms with E-state index >= 15 is 0 Å². The summed E-state index contributed by atoms with van der Waals surface area (Å²) >= 11 is 0. The number of halogens is 2. The van der Waals surface area contributed by atoms with Crippen molar-refractivity contribution in [2.45, 2.75) is 69.7 Å². The molecule has 2 bridgehead atoms. The number of piperidine rings is 1. The maximum Gasteiger partial charge on any atom is 0.270 e. The van der Waals surface area contributed by atoms with E-state index in [1.54, 1.807) is 12.1 Å². The number of carbonyl (C=O) groups is 1. The molecule has 3 nitrogen and oxygen atoms in total. The normalized spacial score (nSPS) is 22.2. The summed E-state index contributed by atoms with van der Waals surface area (Å²) in [4.78, 5) is 18.3. The minimum Gasteiger partial charge on any atom is -0.331 e. The highest BCUT2D eigenvalue weighted by Crippen LogP contribution is 2.39. The molecule has 2 heterocycles. The zero-order chi connectivity index (χ0) is 24.4. The standard InChI is InChI=1S/C30H32F2N2O/c1-30(31,32)25-14-8-13-24(17-25)29(35)34(21-23-11-6-3-7-12-23)28-18-26-15-16-27(19-28)33(26)20-22-9-4-2-5-10-22/h2-14,17,26-28H,15-16,18-21H2,1H3. The highest BCUT2D eigenvalue weighted by atomic mass is 19.3.